The molecule has 4 heteroatoms. The summed E-state index contributed by atoms with van der Waals surface area (Å²) >= 11 is 0. The van der Waals surface area contributed by atoms with Crippen molar-refractivity contribution in [1.82, 2.24) is 10.2 Å². The second kappa shape index (κ2) is 6.80. The zero-order chi connectivity index (χ0) is 16.4. The second-order valence-electron chi connectivity index (χ2n) is 7.17. The van der Waals surface area contributed by atoms with Crippen LogP contribution in [0.4, 0.5) is 0 Å². The van der Waals surface area contributed by atoms with Crippen LogP contribution in [0.3, 0.4) is 0 Å². The van der Waals surface area contributed by atoms with Crippen LogP contribution in [0, 0.1) is 11.8 Å². The van der Waals surface area contributed by atoms with Crippen LogP contribution in [0.1, 0.15) is 67.7 Å². The molecule has 0 aliphatic carbocycles. The molecule has 1 fully saturated rings. The Kier molecular flexibility index (Phi) is 5.83. The van der Waals surface area contributed by atoms with Crippen LogP contribution in [-0.4, -0.2) is 34.3 Å². The van der Waals surface area contributed by atoms with Crippen molar-refractivity contribution in [3.05, 3.63) is 0 Å². The predicted molar refractivity (Wildman–Crippen MR) is 85.8 cm³/mol. The third kappa shape index (κ3) is 3.58. The van der Waals surface area contributed by atoms with E-state index in [1.807, 2.05) is 32.6 Å². The van der Waals surface area contributed by atoms with Crippen LogP contribution in [0.5, 0.6) is 0 Å². The standard InChI is InChI=1S/C17H32N2O2/c1-8-12(5)10-13(6)19-14(11(3)4)15(20)18-17(7,9-2)16(19)21/h11-14H,8-10H2,1-7H3,(H,18,20). The number of amides is 2. The maximum atomic E-state index is 13.0. The molecule has 1 heterocycles. The molecule has 2 amide bonds. The average Bonchev–Trinajstić information content (AvgIpc) is 2.41. The molecule has 0 radical (unpaired) electrons. The molecule has 1 aliphatic rings. The van der Waals surface area contributed by atoms with Gasteiger partial charge in [-0.15, -0.1) is 0 Å². The van der Waals surface area contributed by atoms with E-state index in [2.05, 4.69) is 26.1 Å². The first kappa shape index (κ1) is 18.0. The van der Waals surface area contributed by atoms with E-state index >= 15 is 0 Å². The number of nitrogens with zero attached hydrogens (tertiary/aromatic N) is 1. The molecular formula is C17H32N2O2. The SMILES string of the molecule is CCC(C)CC(C)N1C(=O)C(C)(CC)NC(=O)C1C(C)C. The van der Waals surface area contributed by atoms with E-state index in [0.717, 1.165) is 12.8 Å². The van der Waals surface area contributed by atoms with Crippen LogP contribution < -0.4 is 5.32 Å². The number of carbonyl (C=O) groups is 2. The van der Waals surface area contributed by atoms with Gasteiger partial charge in [0, 0.05) is 6.04 Å². The van der Waals surface area contributed by atoms with Crippen LogP contribution in [0.15, 0.2) is 0 Å². The summed E-state index contributed by atoms with van der Waals surface area (Å²) in [6, 6.07) is -0.257. The van der Waals surface area contributed by atoms with E-state index in [1.54, 1.807) is 0 Å². The van der Waals surface area contributed by atoms with Gasteiger partial charge >= 0.3 is 0 Å². The number of rotatable bonds is 6. The summed E-state index contributed by atoms with van der Waals surface area (Å²) in [5.41, 5.74) is -0.758. The van der Waals surface area contributed by atoms with E-state index in [-0.39, 0.29) is 29.8 Å². The Hall–Kier alpha value is -1.06. The summed E-state index contributed by atoms with van der Waals surface area (Å²) in [4.78, 5) is 27.3. The van der Waals surface area contributed by atoms with Gasteiger partial charge in [-0.3, -0.25) is 9.59 Å². The van der Waals surface area contributed by atoms with E-state index in [0.29, 0.717) is 12.3 Å². The molecule has 0 spiro atoms. The van der Waals surface area contributed by atoms with Gasteiger partial charge in [0.25, 0.3) is 0 Å². The van der Waals surface area contributed by atoms with Gasteiger partial charge in [0.05, 0.1) is 0 Å². The van der Waals surface area contributed by atoms with Crippen LogP contribution in [-0.2, 0) is 9.59 Å². The Bertz CT molecular complexity index is 394. The van der Waals surface area contributed by atoms with Gasteiger partial charge in [0.2, 0.25) is 11.8 Å². The number of hydrogen-bond donors (Lipinski definition) is 1. The molecule has 4 unspecified atom stereocenters. The lowest BCUT2D eigenvalue weighted by atomic mass is 9.86. The highest BCUT2D eigenvalue weighted by atomic mass is 16.2. The molecule has 1 saturated heterocycles. The van der Waals surface area contributed by atoms with Crippen molar-refractivity contribution in [2.24, 2.45) is 11.8 Å². The summed E-state index contributed by atoms with van der Waals surface area (Å²) in [6.45, 7) is 14.3. The lowest BCUT2D eigenvalue weighted by Gasteiger charge is -2.48. The first-order valence-corrected chi connectivity index (χ1v) is 8.32. The van der Waals surface area contributed by atoms with Crippen molar-refractivity contribution < 1.29 is 9.59 Å². The minimum absolute atomic E-state index is 0.00930. The summed E-state index contributed by atoms with van der Waals surface area (Å²) in [7, 11) is 0. The van der Waals surface area contributed by atoms with E-state index in [9.17, 15) is 9.59 Å². The second-order valence-corrected chi connectivity index (χ2v) is 7.17. The Morgan fingerprint density at radius 1 is 1.19 bits per heavy atom. The van der Waals surface area contributed by atoms with Gasteiger partial charge in [0.1, 0.15) is 11.6 Å². The number of hydrogen-bond acceptors (Lipinski definition) is 2. The van der Waals surface area contributed by atoms with Crippen LogP contribution >= 0.6 is 0 Å². The van der Waals surface area contributed by atoms with Crippen molar-refractivity contribution >= 4 is 11.8 Å². The van der Waals surface area contributed by atoms with Gasteiger partial charge < -0.3 is 10.2 Å². The largest absolute Gasteiger partial charge is 0.340 e. The molecule has 0 aromatic rings. The van der Waals surface area contributed by atoms with Crippen molar-refractivity contribution in [3.8, 4) is 0 Å². The van der Waals surface area contributed by atoms with Gasteiger partial charge in [-0.25, -0.2) is 0 Å². The Morgan fingerprint density at radius 3 is 2.19 bits per heavy atom. The Morgan fingerprint density at radius 2 is 1.76 bits per heavy atom. The monoisotopic (exact) mass is 296 g/mol. The molecule has 1 aliphatic heterocycles. The summed E-state index contributed by atoms with van der Waals surface area (Å²) < 4.78 is 0. The molecule has 21 heavy (non-hydrogen) atoms. The summed E-state index contributed by atoms with van der Waals surface area (Å²) in [5, 5.41) is 2.95. The molecule has 4 nitrogen and oxygen atoms in total. The van der Waals surface area contributed by atoms with Crippen molar-refractivity contribution in [3.63, 3.8) is 0 Å². The van der Waals surface area contributed by atoms with Crippen molar-refractivity contribution in [1.29, 1.82) is 0 Å². The first-order valence-electron chi connectivity index (χ1n) is 8.32. The third-order valence-electron chi connectivity index (χ3n) is 4.93. The maximum absolute atomic E-state index is 13.0. The van der Waals surface area contributed by atoms with Gasteiger partial charge in [-0.1, -0.05) is 41.0 Å². The molecular weight excluding hydrogens is 264 g/mol. The molecule has 0 aromatic carbocycles. The van der Waals surface area contributed by atoms with Crippen LogP contribution in [0.25, 0.3) is 0 Å². The normalized spacial score (nSPS) is 29.5. The number of nitrogens with one attached hydrogen (secondary N) is 1. The zero-order valence-electron chi connectivity index (χ0n) is 14.7. The van der Waals surface area contributed by atoms with Crippen molar-refractivity contribution in [2.75, 3.05) is 0 Å². The fourth-order valence-corrected chi connectivity index (χ4v) is 3.14. The molecule has 0 bridgehead atoms. The third-order valence-corrected chi connectivity index (χ3v) is 4.93. The Balaban J connectivity index is 3.11. The smallest absolute Gasteiger partial charge is 0.248 e. The highest BCUT2D eigenvalue weighted by Crippen LogP contribution is 2.29. The molecule has 122 valence electrons. The maximum Gasteiger partial charge on any atom is 0.248 e. The van der Waals surface area contributed by atoms with Gasteiger partial charge in [-0.05, 0) is 38.5 Å². The zero-order valence-corrected chi connectivity index (χ0v) is 14.7. The molecule has 4 atom stereocenters. The molecule has 1 N–H and O–H groups in total. The van der Waals surface area contributed by atoms with E-state index < -0.39 is 5.54 Å². The predicted octanol–water partition coefficient (Wildman–Crippen LogP) is 2.96. The highest BCUT2D eigenvalue weighted by molar-refractivity contribution is 5.99. The number of piperazine rings is 1. The average molecular weight is 296 g/mol. The number of carbonyl (C=O) groups excluding carboxylic acids is 2. The van der Waals surface area contributed by atoms with Crippen LogP contribution in [0.2, 0.25) is 0 Å². The van der Waals surface area contributed by atoms with Crippen molar-refractivity contribution in [2.45, 2.75) is 85.4 Å². The first-order chi connectivity index (χ1) is 9.67. The highest BCUT2D eigenvalue weighted by Gasteiger charge is 2.49. The topological polar surface area (TPSA) is 49.4 Å². The van der Waals surface area contributed by atoms with Gasteiger partial charge in [-0.2, -0.15) is 0 Å². The minimum atomic E-state index is -0.758. The lowest BCUT2D eigenvalue weighted by Crippen LogP contribution is -2.71. The lowest BCUT2D eigenvalue weighted by molar-refractivity contribution is -0.159. The fraction of sp³-hybridized carbons (Fsp3) is 0.882. The van der Waals surface area contributed by atoms with Gasteiger partial charge in [0.15, 0.2) is 0 Å². The summed E-state index contributed by atoms with van der Waals surface area (Å²) in [5.74, 6) is 0.734. The van der Waals surface area contributed by atoms with E-state index in [1.165, 1.54) is 0 Å². The quantitative estimate of drug-likeness (QED) is 0.819. The fourth-order valence-electron chi connectivity index (χ4n) is 3.14. The molecule has 0 saturated carbocycles. The summed E-state index contributed by atoms with van der Waals surface area (Å²) in [6.07, 6.45) is 2.66. The van der Waals surface area contributed by atoms with E-state index in [4.69, 9.17) is 0 Å². The Labute approximate surface area is 129 Å². The minimum Gasteiger partial charge on any atom is -0.340 e. The molecule has 1 rings (SSSR count). The molecule has 0 aromatic heterocycles.